The Balaban J connectivity index is 2.62. The second-order valence-electron chi connectivity index (χ2n) is 3.32. The third-order valence-corrected chi connectivity index (χ3v) is 2.02. The Labute approximate surface area is 91.5 Å². The van der Waals surface area contributed by atoms with Crippen LogP contribution in [0.4, 0.5) is 18.9 Å². The van der Waals surface area contributed by atoms with E-state index in [9.17, 15) is 18.0 Å². The van der Waals surface area contributed by atoms with Gasteiger partial charge in [0.1, 0.15) is 6.54 Å². The summed E-state index contributed by atoms with van der Waals surface area (Å²) in [5.41, 5.74) is 0.866. The van der Waals surface area contributed by atoms with Gasteiger partial charge in [-0.3, -0.25) is 4.79 Å². The van der Waals surface area contributed by atoms with Gasteiger partial charge in [0.25, 0.3) is 0 Å². The van der Waals surface area contributed by atoms with Crippen molar-refractivity contribution in [1.82, 2.24) is 0 Å². The zero-order valence-electron chi connectivity index (χ0n) is 8.77. The van der Waals surface area contributed by atoms with Crippen LogP contribution in [-0.2, 0) is 0 Å². The van der Waals surface area contributed by atoms with Crippen molar-refractivity contribution in [2.24, 2.45) is 0 Å². The number of hydrogen-bond donors (Lipinski definition) is 1. The van der Waals surface area contributed by atoms with Crippen molar-refractivity contribution in [1.29, 1.82) is 0 Å². The van der Waals surface area contributed by atoms with Crippen LogP contribution in [0.2, 0.25) is 0 Å². The van der Waals surface area contributed by atoms with Crippen molar-refractivity contribution in [2.45, 2.75) is 19.5 Å². The summed E-state index contributed by atoms with van der Waals surface area (Å²) >= 11 is 0. The number of nitrogens with one attached hydrogen (secondary N) is 1. The van der Waals surface area contributed by atoms with E-state index < -0.39 is 12.7 Å². The quantitative estimate of drug-likeness (QED) is 0.806. The van der Waals surface area contributed by atoms with E-state index in [1.165, 1.54) is 24.3 Å². The number of anilines is 1. The third-order valence-electron chi connectivity index (χ3n) is 2.02. The van der Waals surface area contributed by atoms with Gasteiger partial charge in [-0.1, -0.05) is 6.92 Å². The molecule has 0 atom stereocenters. The Morgan fingerprint density at radius 2 is 1.81 bits per heavy atom. The highest BCUT2D eigenvalue weighted by Crippen LogP contribution is 2.17. The van der Waals surface area contributed by atoms with E-state index in [0.29, 0.717) is 17.7 Å². The zero-order valence-corrected chi connectivity index (χ0v) is 8.77. The fraction of sp³-hybridized carbons (Fsp3) is 0.364. The fourth-order valence-corrected chi connectivity index (χ4v) is 1.18. The lowest BCUT2D eigenvalue weighted by Crippen LogP contribution is -2.21. The maximum atomic E-state index is 11.9. The Morgan fingerprint density at radius 1 is 1.25 bits per heavy atom. The summed E-state index contributed by atoms with van der Waals surface area (Å²) in [7, 11) is 0. The summed E-state index contributed by atoms with van der Waals surface area (Å²) in [6.45, 7) is 0.659. The average molecular weight is 231 g/mol. The first-order valence-corrected chi connectivity index (χ1v) is 4.86. The molecular weight excluding hydrogens is 219 g/mol. The number of benzene rings is 1. The van der Waals surface area contributed by atoms with E-state index in [4.69, 9.17) is 0 Å². The summed E-state index contributed by atoms with van der Waals surface area (Å²) in [5, 5.41) is 2.23. The molecule has 0 aliphatic rings. The minimum Gasteiger partial charge on any atom is -0.376 e. The Bertz CT molecular complexity index is 356. The van der Waals surface area contributed by atoms with E-state index in [1.807, 2.05) is 0 Å². The van der Waals surface area contributed by atoms with Crippen molar-refractivity contribution in [3.05, 3.63) is 29.8 Å². The number of carbonyl (C=O) groups excluding carboxylic acids is 1. The van der Waals surface area contributed by atoms with E-state index in [0.717, 1.165) is 0 Å². The van der Waals surface area contributed by atoms with E-state index in [2.05, 4.69) is 5.32 Å². The van der Waals surface area contributed by atoms with Crippen LogP contribution in [0.5, 0.6) is 0 Å². The molecular formula is C11H12F3NO. The topological polar surface area (TPSA) is 29.1 Å². The maximum Gasteiger partial charge on any atom is 0.405 e. The third kappa shape index (κ3) is 3.92. The molecule has 0 aromatic heterocycles. The standard InChI is InChI=1S/C11H12F3NO/c1-2-10(16)8-3-5-9(6-4-8)15-7-11(12,13)14/h3-6,15H,2,7H2,1H3. The van der Waals surface area contributed by atoms with Gasteiger partial charge in [0.2, 0.25) is 0 Å². The van der Waals surface area contributed by atoms with Crippen LogP contribution >= 0.6 is 0 Å². The van der Waals surface area contributed by atoms with Gasteiger partial charge in [-0.05, 0) is 24.3 Å². The lowest BCUT2D eigenvalue weighted by Gasteiger charge is -2.09. The van der Waals surface area contributed by atoms with E-state index in [-0.39, 0.29) is 5.78 Å². The van der Waals surface area contributed by atoms with E-state index in [1.54, 1.807) is 6.92 Å². The van der Waals surface area contributed by atoms with Gasteiger partial charge in [0, 0.05) is 17.7 Å². The molecule has 0 aliphatic heterocycles. The average Bonchev–Trinajstić information content (AvgIpc) is 2.25. The van der Waals surface area contributed by atoms with Crippen LogP contribution in [0.1, 0.15) is 23.7 Å². The molecule has 0 aliphatic carbocycles. The van der Waals surface area contributed by atoms with Gasteiger partial charge < -0.3 is 5.32 Å². The number of halogens is 3. The van der Waals surface area contributed by atoms with Crippen LogP contribution in [-0.4, -0.2) is 18.5 Å². The number of ketones is 1. The second-order valence-corrected chi connectivity index (χ2v) is 3.32. The number of Topliss-reactive ketones (excluding diaryl/α,β-unsaturated/α-hetero) is 1. The van der Waals surface area contributed by atoms with Gasteiger partial charge >= 0.3 is 6.18 Å². The molecule has 1 aromatic carbocycles. The van der Waals surface area contributed by atoms with E-state index >= 15 is 0 Å². The van der Waals surface area contributed by atoms with Crippen molar-refractivity contribution in [3.8, 4) is 0 Å². The van der Waals surface area contributed by atoms with Crippen LogP contribution in [0, 0.1) is 0 Å². The van der Waals surface area contributed by atoms with Crippen molar-refractivity contribution in [2.75, 3.05) is 11.9 Å². The molecule has 0 heterocycles. The number of hydrogen-bond acceptors (Lipinski definition) is 2. The highest BCUT2D eigenvalue weighted by Gasteiger charge is 2.26. The maximum absolute atomic E-state index is 11.9. The lowest BCUT2D eigenvalue weighted by molar-refractivity contribution is -0.115. The predicted octanol–water partition coefficient (Wildman–Crippen LogP) is 3.25. The van der Waals surface area contributed by atoms with Gasteiger partial charge in [-0.25, -0.2) is 0 Å². The molecule has 0 unspecified atom stereocenters. The predicted molar refractivity (Wildman–Crippen MR) is 55.6 cm³/mol. The summed E-state index contributed by atoms with van der Waals surface area (Å²) in [6.07, 6.45) is -3.85. The SMILES string of the molecule is CCC(=O)c1ccc(NCC(F)(F)F)cc1. The Kier molecular flexibility index (Phi) is 3.93. The summed E-state index contributed by atoms with van der Waals surface area (Å²) in [5.74, 6) is -0.0256. The summed E-state index contributed by atoms with van der Waals surface area (Å²) in [4.78, 5) is 11.2. The first-order chi connectivity index (χ1) is 7.42. The molecule has 0 fully saturated rings. The normalized spacial score (nSPS) is 11.2. The highest BCUT2D eigenvalue weighted by molar-refractivity contribution is 5.96. The molecule has 0 amide bonds. The molecule has 1 rings (SSSR count). The van der Waals surface area contributed by atoms with Crippen LogP contribution in [0.25, 0.3) is 0 Å². The van der Waals surface area contributed by atoms with Gasteiger partial charge in [-0.15, -0.1) is 0 Å². The van der Waals surface area contributed by atoms with Crippen LogP contribution in [0.3, 0.4) is 0 Å². The molecule has 1 N–H and O–H groups in total. The van der Waals surface area contributed by atoms with Crippen molar-refractivity contribution >= 4 is 11.5 Å². The van der Waals surface area contributed by atoms with Gasteiger partial charge in [-0.2, -0.15) is 13.2 Å². The summed E-state index contributed by atoms with van der Waals surface area (Å²) < 4.78 is 35.7. The number of alkyl halides is 3. The minimum absolute atomic E-state index is 0.0256. The van der Waals surface area contributed by atoms with Crippen LogP contribution in [0.15, 0.2) is 24.3 Å². The van der Waals surface area contributed by atoms with Crippen molar-refractivity contribution in [3.63, 3.8) is 0 Å². The largest absolute Gasteiger partial charge is 0.405 e. The molecule has 0 radical (unpaired) electrons. The zero-order chi connectivity index (χ0) is 12.2. The Hall–Kier alpha value is -1.52. The molecule has 16 heavy (non-hydrogen) atoms. The molecule has 0 saturated heterocycles. The van der Waals surface area contributed by atoms with Crippen molar-refractivity contribution < 1.29 is 18.0 Å². The minimum atomic E-state index is -4.24. The molecule has 0 bridgehead atoms. The molecule has 5 heteroatoms. The molecule has 0 spiro atoms. The van der Waals surface area contributed by atoms with Gasteiger partial charge in [0.05, 0.1) is 0 Å². The van der Waals surface area contributed by atoms with Gasteiger partial charge in [0.15, 0.2) is 5.78 Å². The smallest absolute Gasteiger partial charge is 0.376 e. The van der Waals surface area contributed by atoms with Crippen LogP contribution < -0.4 is 5.32 Å². The first kappa shape index (κ1) is 12.5. The monoisotopic (exact) mass is 231 g/mol. The first-order valence-electron chi connectivity index (χ1n) is 4.86. The molecule has 88 valence electrons. The Morgan fingerprint density at radius 3 is 2.25 bits per heavy atom. The number of rotatable bonds is 4. The lowest BCUT2D eigenvalue weighted by atomic mass is 10.1. The number of carbonyl (C=O) groups is 1. The summed E-state index contributed by atoms with van der Waals surface area (Å²) in [6, 6.07) is 5.97. The molecule has 1 aromatic rings. The molecule has 2 nitrogen and oxygen atoms in total. The second kappa shape index (κ2) is 5.01. The highest BCUT2D eigenvalue weighted by atomic mass is 19.4. The molecule has 0 saturated carbocycles. The fourth-order valence-electron chi connectivity index (χ4n) is 1.18.